The zero-order valence-electron chi connectivity index (χ0n) is 10.6. The average Bonchev–Trinajstić information content (AvgIpc) is 2.17. The molecule has 2 heteroatoms. The van der Waals surface area contributed by atoms with E-state index < -0.39 is 8.07 Å². The monoisotopic (exact) mass is 232 g/mol. The van der Waals surface area contributed by atoms with Gasteiger partial charge < -0.3 is 0 Å². The van der Waals surface area contributed by atoms with Gasteiger partial charge in [-0.2, -0.15) is 0 Å². The third-order valence-electron chi connectivity index (χ3n) is 2.80. The van der Waals surface area contributed by atoms with E-state index in [1.807, 2.05) is 18.2 Å². The van der Waals surface area contributed by atoms with Crippen molar-refractivity contribution in [2.75, 3.05) is 0 Å². The molecule has 0 bridgehead atoms. The second-order valence-electron chi connectivity index (χ2n) is 5.29. The SMILES string of the molecule is C=C(C(C)=O)C(c1ccccc1)[Si](C)(C)C. The zero-order valence-corrected chi connectivity index (χ0v) is 11.6. The van der Waals surface area contributed by atoms with E-state index in [9.17, 15) is 4.79 Å². The van der Waals surface area contributed by atoms with Crippen LogP contribution in [0.25, 0.3) is 0 Å². The second kappa shape index (κ2) is 4.79. The normalized spacial score (nSPS) is 13.2. The summed E-state index contributed by atoms with van der Waals surface area (Å²) >= 11 is 0. The summed E-state index contributed by atoms with van der Waals surface area (Å²) in [6.07, 6.45) is 0. The van der Waals surface area contributed by atoms with E-state index in [4.69, 9.17) is 0 Å². The predicted octanol–water partition coefficient (Wildman–Crippen LogP) is 3.79. The Morgan fingerprint density at radius 2 is 1.69 bits per heavy atom. The van der Waals surface area contributed by atoms with Gasteiger partial charge in [-0.25, -0.2) is 0 Å². The summed E-state index contributed by atoms with van der Waals surface area (Å²) < 4.78 is 0. The molecule has 16 heavy (non-hydrogen) atoms. The minimum absolute atomic E-state index is 0.108. The standard InChI is InChI=1S/C14H20OSi/c1-11(12(2)15)14(16(3,4)5)13-9-7-6-8-10-13/h6-10,14H,1H2,2-5H3. The lowest BCUT2D eigenvalue weighted by Gasteiger charge is -2.30. The number of allylic oxidation sites excluding steroid dienone is 1. The van der Waals surface area contributed by atoms with E-state index in [2.05, 4.69) is 38.4 Å². The molecule has 86 valence electrons. The molecule has 1 aromatic carbocycles. The smallest absolute Gasteiger partial charge is 0.155 e. The van der Waals surface area contributed by atoms with Crippen LogP contribution in [0, 0.1) is 0 Å². The van der Waals surface area contributed by atoms with Crippen molar-refractivity contribution in [3.63, 3.8) is 0 Å². The molecule has 1 atom stereocenters. The molecule has 0 saturated carbocycles. The summed E-state index contributed by atoms with van der Waals surface area (Å²) in [7, 11) is -1.47. The van der Waals surface area contributed by atoms with Crippen LogP contribution in [0.5, 0.6) is 0 Å². The molecule has 0 radical (unpaired) electrons. The Kier molecular flexibility index (Phi) is 3.86. The first kappa shape index (κ1) is 12.9. The van der Waals surface area contributed by atoms with E-state index in [0.29, 0.717) is 0 Å². The Bertz CT molecular complexity index is 387. The Balaban J connectivity index is 3.18. The molecule has 1 nitrogen and oxygen atoms in total. The summed E-state index contributed by atoms with van der Waals surface area (Å²) in [5, 5.41) is 0. The quantitative estimate of drug-likeness (QED) is 0.570. The number of Topliss-reactive ketones (excluding diaryl/α,β-unsaturated/α-hetero) is 1. The Hall–Kier alpha value is -1.15. The van der Waals surface area contributed by atoms with Gasteiger partial charge in [0.05, 0.1) is 8.07 Å². The molecule has 1 rings (SSSR count). The molecular weight excluding hydrogens is 212 g/mol. The lowest BCUT2D eigenvalue weighted by molar-refractivity contribution is -0.113. The Morgan fingerprint density at radius 1 is 1.19 bits per heavy atom. The van der Waals surface area contributed by atoms with Crippen molar-refractivity contribution in [2.45, 2.75) is 32.1 Å². The number of carbonyl (C=O) groups is 1. The van der Waals surface area contributed by atoms with E-state index >= 15 is 0 Å². The van der Waals surface area contributed by atoms with Crippen LogP contribution in [-0.2, 0) is 4.79 Å². The van der Waals surface area contributed by atoms with Crippen LogP contribution in [0.2, 0.25) is 19.6 Å². The van der Waals surface area contributed by atoms with E-state index in [1.165, 1.54) is 5.56 Å². The molecule has 0 saturated heterocycles. The summed E-state index contributed by atoms with van der Waals surface area (Å²) in [5.74, 6) is 0.108. The molecular formula is C14H20OSi. The predicted molar refractivity (Wildman–Crippen MR) is 72.4 cm³/mol. The summed E-state index contributed by atoms with van der Waals surface area (Å²) in [6.45, 7) is 12.4. The molecule has 0 amide bonds. The molecule has 0 aliphatic carbocycles. The van der Waals surface area contributed by atoms with Crippen LogP contribution in [-0.4, -0.2) is 13.9 Å². The van der Waals surface area contributed by atoms with Gasteiger partial charge in [0.25, 0.3) is 0 Å². The van der Waals surface area contributed by atoms with Gasteiger partial charge in [-0.1, -0.05) is 56.6 Å². The van der Waals surface area contributed by atoms with Crippen molar-refractivity contribution < 1.29 is 4.79 Å². The molecule has 0 aliphatic heterocycles. The highest BCUT2D eigenvalue weighted by atomic mass is 28.3. The molecule has 0 aromatic heterocycles. The number of ketones is 1. The first-order valence-corrected chi connectivity index (χ1v) is 9.16. The van der Waals surface area contributed by atoms with Crippen LogP contribution in [0.3, 0.4) is 0 Å². The lowest BCUT2D eigenvalue weighted by atomic mass is 10.0. The third kappa shape index (κ3) is 2.92. The minimum atomic E-state index is -1.47. The topological polar surface area (TPSA) is 17.1 Å². The summed E-state index contributed by atoms with van der Waals surface area (Å²) in [4.78, 5) is 11.5. The fraction of sp³-hybridized carbons (Fsp3) is 0.357. The van der Waals surface area contributed by atoms with Crippen molar-refractivity contribution in [3.8, 4) is 0 Å². The summed E-state index contributed by atoms with van der Waals surface area (Å²) in [5.41, 5.74) is 2.21. The number of hydrogen-bond donors (Lipinski definition) is 0. The first-order chi connectivity index (χ1) is 7.34. The van der Waals surface area contributed by atoms with Crippen LogP contribution >= 0.6 is 0 Å². The molecule has 0 N–H and O–H groups in total. The van der Waals surface area contributed by atoms with Gasteiger partial charge >= 0.3 is 0 Å². The molecule has 0 heterocycles. The van der Waals surface area contributed by atoms with Crippen molar-refractivity contribution in [3.05, 3.63) is 48.0 Å². The van der Waals surface area contributed by atoms with Crippen molar-refractivity contribution in [1.82, 2.24) is 0 Å². The van der Waals surface area contributed by atoms with Crippen LogP contribution < -0.4 is 0 Å². The van der Waals surface area contributed by atoms with Gasteiger partial charge in [-0.15, -0.1) is 0 Å². The Labute approximate surface area is 99.2 Å². The van der Waals surface area contributed by atoms with Gasteiger partial charge in [0.1, 0.15) is 0 Å². The number of hydrogen-bond acceptors (Lipinski definition) is 1. The van der Waals surface area contributed by atoms with Gasteiger partial charge in [0.2, 0.25) is 0 Å². The highest BCUT2D eigenvalue weighted by Gasteiger charge is 2.31. The van der Waals surface area contributed by atoms with Crippen molar-refractivity contribution in [2.24, 2.45) is 0 Å². The van der Waals surface area contributed by atoms with Gasteiger partial charge in [-0.3, -0.25) is 4.79 Å². The maximum absolute atomic E-state index is 11.5. The molecule has 0 aliphatic rings. The van der Waals surface area contributed by atoms with Gasteiger partial charge in [0, 0.05) is 5.54 Å². The summed E-state index contributed by atoms with van der Waals surface area (Å²) in [6, 6.07) is 10.2. The molecule has 0 fully saturated rings. The van der Waals surface area contributed by atoms with Crippen LogP contribution in [0.1, 0.15) is 18.0 Å². The molecule has 1 unspecified atom stereocenters. The van der Waals surface area contributed by atoms with E-state index in [1.54, 1.807) is 6.92 Å². The maximum Gasteiger partial charge on any atom is 0.155 e. The molecule has 0 spiro atoms. The van der Waals surface area contributed by atoms with E-state index in [0.717, 1.165) is 5.57 Å². The van der Waals surface area contributed by atoms with Crippen LogP contribution in [0.15, 0.2) is 42.5 Å². The second-order valence-corrected chi connectivity index (χ2v) is 10.6. The Morgan fingerprint density at radius 3 is 2.06 bits per heavy atom. The van der Waals surface area contributed by atoms with Crippen molar-refractivity contribution in [1.29, 1.82) is 0 Å². The third-order valence-corrected chi connectivity index (χ3v) is 5.21. The van der Waals surface area contributed by atoms with Crippen LogP contribution in [0.4, 0.5) is 0 Å². The highest BCUT2D eigenvalue weighted by Crippen LogP contribution is 2.33. The number of carbonyl (C=O) groups excluding carboxylic acids is 1. The lowest BCUT2D eigenvalue weighted by Crippen LogP contribution is -2.33. The van der Waals surface area contributed by atoms with Gasteiger partial charge in [0.15, 0.2) is 5.78 Å². The largest absolute Gasteiger partial charge is 0.295 e. The van der Waals surface area contributed by atoms with E-state index in [-0.39, 0.29) is 11.3 Å². The maximum atomic E-state index is 11.5. The molecule has 1 aromatic rings. The highest BCUT2D eigenvalue weighted by molar-refractivity contribution is 6.78. The zero-order chi connectivity index (χ0) is 12.3. The number of rotatable bonds is 4. The van der Waals surface area contributed by atoms with Crippen molar-refractivity contribution >= 4 is 13.9 Å². The average molecular weight is 232 g/mol. The number of benzene rings is 1. The first-order valence-electron chi connectivity index (χ1n) is 5.58. The fourth-order valence-electron chi connectivity index (χ4n) is 2.07. The fourth-order valence-corrected chi connectivity index (χ4v) is 4.51. The minimum Gasteiger partial charge on any atom is -0.295 e. The van der Waals surface area contributed by atoms with Gasteiger partial charge in [-0.05, 0) is 18.1 Å².